The minimum atomic E-state index is -1.38. The van der Waals surface area contributed by atoms with Crippen molar-refractivity contribution in [2.24, 2.45) is 0 Å². The predicted molar refractivity (Wildman–Crippen MR) is 118 cm³/mol. The summed E-state index contributed by atoms with van der Waals surface area (Å²) in [6.07, 6.45) is -0.520. The van der Waals surface area contributed by atoms with E-state index in [0.717, 1.165) is 5.56 Å². The van der Waals surface area contributed by atoms with Crippen LogP contribution >= 0.6 is 11.6 Å². The Labute approximate surface area is 186 Å². The molecule has 2 aliphatic heterocycles. The molecule has 0 radical (unpaired) electrons. The molecule has 7 nitrogen and oxygen atoms in total. The van der Waals surface area contributed by atoms with E-state index in [-0.39, 0.29) is 24.8 Å². The van der Waals surface area contributed by atoms with Gasteiger partial charge < -0.3 is 20.1 Å². The number of β-amino-alcohol motifs (C(OH)–C–C–N with tert-alkyl or cyclic N) is 1. The number of likely N-dealkylation sites (tertiary alicyclic amines) is 1. The summed E-state index contributed by atoms with van der Waals surface area (Å²) >= 11 is 6.36. The summed E-state index contributed by atoms with van der Waals surface area (Å²) in [4.78, 5) is 30.2. The van der Waals surface area contributed by atoms with E-state index in [1.165, 1.54) is 4.90 Å². The van der Waals surface area contributed by atoms with Gasteiger partial charge in [0.2, 0.25) is 5.91 Å². The molecule has 1 unspecified atom stereocenters. The van der Waals surface area contributed by atoms with Crippen LogP contribution < -0.4 is 10.1 Å². The molecular weight excluding hydrogens is 418 g/mol. The first-order chi connectivity index (χ1) is 14.7. The minimum Gasteiger partial charge on any atom is -0.496 e. The molecule has 3 atom stereocenters. The number of methoxy groups -OCH3 is 1. The molecule has 164 valence electrons. The largest absolute Gasteiger partial charge is 0.496 e. The molecule has 2 aromatic rings. The molecule has 31 heavy (non-hydrogen) atoms. The number of aliphatic hydroxyl groups excluding tert-OH is 1. The maximum atomic E-state index is 13.8. The maximum Gasteiger partial charge on any atom is 0.254 e. The van der Waals surface area contributed by atoms with E-state index in [2.05, 4.69) is 5.32 Å². The molecule has 2 heterocycles. The number of nitrogens with one attached hydrogen (secondary N) is 1. The highest BCUT2D eigenvalue weighted by molar-refractivity contribution is 6.31. The van der Waals surface area contributed by atoms with Crippen LogP contribution in [0.3, 0.4) is 0 Å². The number of amides is 2. The van der Waals surface area contributed by atoms with E-state index in [1.54, 1.807) is 44.3 Å². The van der Waals surface area contributed by atoms with Crippen molar-refractivity contribution in [2.45, 2.75) is 31.0 Å². The molecule has 2 N–H and O–H groups in total. The zero-order chi connectivity index (χ0) is 22.5. The van der Waals surface area contributed by atoms with E-state index in [1.807, 2.05) is 25.1 Å². The van der Waals surface area contributed by atoms with Crippen molar-refractivity contribution < 1.29 is 19.4 Å². The number of carbonyl (C=O) groups is 2. The fraction of sp³-hybridized carbons (Fsp3) is 0.391. The van der Waals surface area contributed by atoms with Crippen molar-refractivity contribution in [2.75, 3.05) is 33.1 Å². The van der Waals surface area contributed by atoms with E-state index in [9.17, 15) is 14.7 Å². The average Bonchev–Trinajstić information content (AvgIpc) is 3.24. The Bertz CT molecular complexity index is 1060. The fourth-order valence-corrected chi connectivity index (χ4v) is 5.06. The van der Waals surface area contributed by atoms with Crippen LogP contribution in [0.25, 0.3) is 0 Å². The first kappa shape index (κ1) is 21.6. The standard InChI is InChI=1S/C23H26ClN3O4/c1-13-6-5-7-16(20(13)31-4)23(17-10-14(24)8-9-18(17)25-22(23)30)27-12-15(28)11-19(27)21(29)26(2)3/h5-10,15,19,28H,11-12H2,1-4H3,(H,25,30)/t15-,19+,23?/m1/s1. The molecule has 0 bridgehead atoms. The highest BCUT2D eigenvalue weighted by atomic mass is 35.5. The van der Waals surface area contributed by atoms with Crippen LogP contribution in [0, 0.1) is 6.92 Å². The molecule has 0 spiro atoms. The molecule has 1 fully saturated rings. The molecule has 1 saturated heterocycles. The number of ether oxygens (including phenoxy) is 1. The second-order valence-corrected chi connectivity index (χ2v) is 8.74. The molecular formula is C23H26ClN3O4. The Morgan fingerprint density at radius 3 is 2.71 bits per heavy atom. The van der Waals surface area contributed by atoms with Crippen molar-refractivity contribution in [1.82, 2.24) is 9.80 Å². The molecule has 2 aromatic carbocycles. The topological polar surface area (TPSA) is 82.1 Å². The summed E-state index contributed by atoms with van der Waals surface area (Å²) in [5.41, 5.74) is 1.35. The third kappa shape index (κ3) is 3.19. The van der Waals surface area contributed by atoms with Gasteiger partial charge in [0.1, 0.15) is 5.75 Å². The van der Waals surface area contributed by atoms with Gasteiger partial charge in [0, 0.05) is 42.5 Å². The third-order valence-electron chi connectivity index (χ3n) is 6.19. The maximum absolute atomic E-state index is 13.8. The van der Waals surface area contributed by atoms with E-state index in [0.29, 0.717) is 27.6 Å². The van der Waals surface area contributed by atoms with Crippen LogP contribution in [-0.4, -0.2) is 66.6 Å². The van der Waals surface area contributed by atoms with Crippen molar-refractivity contribution in [3.63, 3.8) is 0 Å². The second kappa shape index (κ2) is 7.82. The van der Waals surface area contributed by atoms with Gasteiger partial charge in [-0.25, -0.2) is 0 Å². The van der Waals surface area contributed by atoms with Gasteiger partial charge in [-0.2, -0.15) is 0 Å². The van der Waals surface area contributed by atoms with Gasteiger partial charge in [-0.3, -0.25) is 14.5 Å². The Kier molecular flexibility index (Phi) is 5.45. The van der Waals surface area contributed by atoms with Gasteiger partial charge in [0.05, 0.1) is 19.3 Å². The Hall–Kier alpha value is -2.61. The van der Waals surface area contributed by atoms with Gasteiger partial charge in [-0.15, -0.1) is 0 Å². The van der Waals surface area contributed by atoms with Crippen LogP contribution in [0.5, 0.6) is 5.75 Å². The van der Waals surface area contributed by atoms with Crippen molar-refractivity contribution in [3.05, 3.63) is 58.1 Å². The van der Waals surface area contributed by atoms with Crippen LogP contribution in [-0.2, 0) is 15.1 Å². The minimum absolute atomic E-state index is 0.153. The molecule has 2 aliphatic rings. The van der Waals surface area contributed by atoms with Crippen molar-refractivity contribution in [3.8, 4) is 5.75 Å². The zero-order valence-electron chi connectivity index (χ0n) is 18.0. The number of rotatable bonds is 4. The lowest BCUT2D eigenvalue weighted by molar-refractivity contribution is -0.138. The number of halogens is 1. The average molecular weight is 444 g/mol. The van der Waals surface area contributed by atoms with E-state index < -0.39 is 17.7 Å². The summed E-state index contributed by atoms with van der Waals surface area (Å²) in [7, 11) is 4.90. The van der Waals surface area contributed by atoms with E-state index >= 15 is 0 Å². The number of hydrogen-bond donors (Lipinski definition) is 2. The second-order valence-electron chi connectivity index (χ2n) is 8.30. The summed E-state index contributed by atoms with van der Waals surface area (Å²) < 4.78 is 5.74. The first-order valence-corrected chi connectivity index (χ1v) is 10.5. The Balaban J connectivity index is 2.06. The van der Waals surface area contributed by atoms with Crippen LogP contribution in [0.15, 0.2) is 36.4 Å². The highest BCUT2D eigenvalue weighted by Crippen LogP contribution is 2.51. The SMILES string of the molecule is COc1c(C)cccc1C1(N2C[C@H](O)C[C@H]2C(=O)N(C)C)C(=O)Nc2ccc(Cl)cc21. The number of aryl methyl sites for hydroxylation is 1. The molecule has 4 rings (SSSR count). The molecule has 0 aromatic heterocycles. The van der Waals surface area contributed by atoms with Gasteiger partial charge >= 0.3 is 0 Å². The van der Waals surface area contributed by atoms with Crippen LogP contribution in [0.1, 0.15) is 23.1 Å². The number of anilines is 1. The summed E-state index contributed by atoms with van der Waals surface area (Å²) in [5, 5.41) is 14.0. The molecule has 0 aliphatic carbocycles. The normalized spacial score (nSPS) is 25.3. The van der Waals surface area contributed by atoms with Gasteiger partial charge in [-0.1, -0.05) is 29.8 Å². The smallest absolute Gasteiger partial charge is 0.254 e. The van der Waals surface area contributed by atoms with Gasteiger partial charge in [-0.05, 0) is 37.1 Å². The monoisotopic (exact) mass is 443 g/mol. The van der Waals surface area contributed by atoms with Crippen molar-refractivity contribution >= 4 is 29.1 Å². The Morgan fingerprint density at radius 2 is 2.03 bits per heavy atom. The molecule has 0 saturated carbocycles. The van der Waals surface area contributed by atoms with Crippen LogP contribution in [0.2, 0.25) is 5.02 Å². The quantitative estimate of drug-likeness (QED) is 0.758. The lowest BCUT2D eigenvalue weighted by atomic mass is 9.80. The van der Waals surface area contributed by atoms with Crippen molar-refractivity contribution in [1.29, 1.82) is 0 Å². The number of aliphatic hydroxyl groups is 1. The lowest BCUT2D eigenvalue weighted by Gasteiger charge is -2.41. The fourth-order valence-electron chi connectivity index (χ4n) is 4.89. The Morgan fingerprint density at radius 1 is 1.29 bits per heavy atom. The third-order valence-corrected chi connectivity index (χ3v) is 6.42. The molecule has 8 heteroatoms. The number of fused-ring (bicyclic) bond motifs is 1. The summed E-state index contributed by atoms with van der Waals surface area (Å²) in [6, 6.07) is 10.1. The van der Waals surface area contributed by atoms with Gasteiger partial charge in [0.25, 0.3) is 5.91 Å². The number of likely N-dealkylation sites (N-methyl/N-ethyl adjacent to an activating group) is 1. The summed E-state index contributed by atoms with van der Waals surface area (Å²) in [6.45, 7) is 2.06. The first-order valence-electron chi connectivity index (χ1n) is 10.1. The number of hydrogen-bond acceptors (Lipinski definition) is 5. The number of para-hydroxylation sites is 1. The zero-order valence-corrected chi connectivity index (χ0v) is 18.7. The number of nitrogens with zero attached hydrogens (tertiary/aromatic N) is 2. The summed E-state index contributed by atoms with van der Waals surface area (Å²) in [5.74, 6) is 0.0769. The number of carbonyl (C=O) groups excluding carboxylic acids is 2. The predicted octanol–water partition coefficient (Wildman–Crippen LogP) is 2.38. The lowest BCUT2D eigenvalue weighted by Crippen LogP contribution is -2.57. The number of benzene rings is 2. The van der Waals surface area contributed by atoms with E-state index in [4.69, 9.17) is 16.3 Å². The highest BCUT2D eigenvalue weighted by Gasteiger charge is 2.59. The van der Waals surface area contributed by atoms with Gasteiger partial charge in [0.15, 0.2) is 5.54 Å². The molecule has 2 amide bonds. The van der Waals surface area contributed by atoms with Crippen LogP contribution in [0.4, 0.5) is 5.69 Å².